The monoisotopic (exact) mass is 351 g/mol. The predicted molar refractivity (Wildman–Crippen MR) is 87.1 cm³/mol. The molecular weight excluding hydrogens is 333 g/mol. The molecule has 1 fully saturated rings. The summed E-state index contributed by atoms with van der Waals surface area (Å²) in [6, 6.07) is 0. The number of aromatic nitrogens is 3. The molecule has 0 spiro atoms. The maximum absolute atomic E-state index is 12.9. The number of hydrogen-bond acceptors (Lipinski definition) is 7. The first kappa shape index (κ1) is 16.9. The molecule has 0 bridgehead atoms. The van der Waals surface area contributed by atoms with E-state index in [1.807, 2.05) is 0 Å². The van der Waals surface area contributed by atoms with Crippen molar-refractivity contribution in [1.29, 1.82) is 0 Å². The molecule has 1 aliphatic heterocycles. The van der Waals surface area contributed by atoms with Gasteiger partial charge in [0, 0.05) is 44.1 Å². The third-order valence-corrected chi connectivity index (χ3v) is 4.42. The van der Waals surface area contributed by atoms with Gasteiger partial charge in [-0.15, -0.1) is 11.3 Å². The zero-order valence-corrected chi connectivity index (χ0v) is 14.1. The first-order valence-corrected chi connectivity index (χ1v) is 8.43. The molecule has 7 nitrogen and oxygen atoms in total. The summed E-state index contributed by atoms with van der Waals surface area (Å²) in [6.45, 7) is 4.41. The molecule has 2 aromatic heterocycles. The third kappa shape index (κ3) is 4.76. The number of amides is 1. The van der Waals surface area contributed by atoms with Crippen molar-refractivity contribution >= 4 is 22.4 Å². The maximum atomic E-state index is 12.9. The molecular formula is C15H18FN5O2S. The quantitative estimate of drug-likeness (QED) is 0.879. The van der Waals surface area contributed by atoms with E-state index in [0.29, 0.717) is 24.0 Å². The molecule has 3 rings (SSSR count). The van der Waals surface area contributed by atoms with Crippen LogP contribution in [0.2, 0.25) is 0 Å². The van der Waals surface area contributed by atoms with Crippen LogP contribution in [0.25, 0.3) is 0 Å². The SMILES string of the molecule is CC(=O)Nc1ncc(CN2CCOC(Cc3ncc(F)cn3)C2)s1. The van der Waals surface area contributed by atoms with E-state index in [9.17, 15) is 9.18 Å². The van der Waals surface area contributed by atoms with Crippen LogP contribution in [0.5, 0.6) is 0 Å². The van der Waals surface area contributed by atoms with Crippen LogP contribution in [0.15, 0.2) is 18.6 Å². The van der Waals surface area contributed by atoms with E-state index in [0.717, 1.165) is 24.5 Å². The molecule has 1 atom stereocenters. The number of ether oxygens (including phenoxy) is 1. The van der Waals surface area contributed by atoms with E-state index >= 15 is 0 Å². The molecule has 0 aromatic carbocycles. The van der Waals surface area contributed by atoms with Gasteiger partial charge in [-0.05, 0) is 0 Å². The Kier molecular flexibility index (Phi) is 5.44. The largest absolute Gasteiger partial charge is 0.375 e. The van der Waals surface area contributed by atoms with Crippen molar-refractivity contribution < 1.29 is 13.9 Å². The van der Waals surface area contributed by atoms with E-state index in [-0.39, 0.29) is 12.0 Å². The Labute approximate surface area is 142 Å². The van der Waals surface area contributed by atoms with Crippen LogP contribution >= 0.6 is 11.3 Å². The summed E-state index contributed by atoms with van der Waals surface area (Å²) in [5, 5.41) is 3.30. The smallest absolute Gasteiger partial charge is 0.223 e. The summed E-state index contributed by atoms with van der Waals surface area (Å²) < 4.78 is 18.6. The minimum atomic E-state index is -0.440. The van der Waals surface area contributed by atoms with Crippen LogP contribution in [0, 0.1) is 5.82 Å². The van der Waals surface area contributed by atoms with Crippen LogP contribution < -0.4 is 5.32 Å². The van der Waals surface area contributed by atoms with Crippen LogP contribution in [-0.2, 0) is 22.5 Å². The van der Waals surface area contributed by atoms with Crippen molar-refractivity contribution in [3.05, 3.63) is 35.1 Å². The molecule has 2 aromatic rings. The Hall–Kier alpha value is -1.97. The van der Waals surface area contributed by atoms with E-state index in [1.165, 1.54) is 30.7 Å². The second-order valence-corrected chi connectivity index (χ2v) is 6.68. The number of thiazole rings is 1. The second kappa shape index (κ2) is 7.73. The summed E-state index contributed by atoms with van der Waals surface area (Å²) in [5.41, 5.74) is 0. The fraction of sp³-hybridized carbons (Fsp3) is 0.467. The minimum Gasteiger partial charge on any atom is -0.375 e. The van der Waals surface area contributed by atoms with Crippen LogP contribution in [0.1, 0.15) is 17.6 Å². The Morgan fingerprint density at radius 2 is 2.21 bits per heavy atom. The number of anilines is 1. The summed E-state index contributed by atoms with van der Waals surface area (Å²) >= 11 is 1.47. The molecule has 0 radical (unpaired) electrons. The van der Waals surface area contributed by atoms with Crippen molar-refractivity contribution in [2.45, 2.75) is 26.0 Å². The van der Waals surface area contributed by atoms with Crippen molar-refractivity contribution in [3.63, 3.8) is 0 Å². The van der Waals surface area contributed by atoms with Gasteiger partial charge in [-0.3, -0.25) is 9.69 Å². The van der Waals surface area contributed by atoms with Gasteiger partial charge >= 0.3 is 0 Å². The molecule has 1 aliphatic rings. The number of carbonyl (C=O) groups excluding carboxylic acids is 1. The minimum absolute atomic E-state index is 0.0213. The number of nitrogens with one attached hydrogen (secondary N) is 1. The lowest BCUT2D eigenvalue weighted by Crippen LogP contribution is -2.42. The molecule has 1 unspecified atom stereocenters. The van der Waals surface area contributed by atoms with Crippen molar-refractivity contribution in [2.24, 2.45) is 0 Å². The second-order valence-electron chi connectivity index (χ2n) is 5.56. The lowest BCUT2D eigenvalue weighted by molar-refractivity contribution is -0.114. The van der Waals surface area contributed by atoms with Crippen LogP contribution in [-0.4, -0.2) is 51.6 Å². The Balaban J connectivity index is 1.54. The van der Waals surface area contributed by atoms with Gasteiger partial charge in [-0.25, -0.2) is 19.3 Å². The highest BCUT2D eigenvalue weighted by Gasteiger charge is 2.22. The lowest BCUT2D eigenvalue weighted by atomic mass is 10.2. The van der Waals surface area contributed by atoms with Crippen molar-refractivity contribution in [3.8, 4) is 0 Å². The highest BCUT2D eigenvalue weighted by atomic mass is 32.1. The number of carbonyl (C=O) groups is 1. The van der Waals surface area contributed by atoms with Gasteiger partial charge in [0.1, 0.15) is 5.82 Å². The van der Waals surface area contributed by atoms with E-state index < -0.39 is 5.82 Å². The number of rotatable bonds is 5. The van der Waals surface area contributed by atoms with E-state index in [2.05, 4.69) is 25.2 Å². The lowest BCUT2D eigenvalue weighted by Gasteiger charge is -2.32. The van der Waals surface area contributed by atoms with Crippen molar-refractivity contribution in [2.75, 3.05) is 25.0 Å². The Morgan fingerprint density at radius 1 is 1.42 bits per heavy atom. The molecule has 3 heterocycles. The summed E-state index contributed by atoms with van der Waals surface area (Å²) in [7, 11) is 0. The van der Waals surface area contributed by atoms with Gasteiger partial charge in [-0.1, -0.05) is 0 Å². The fourth-order valence-corrected chi connectivity index (χ4v) is 3.41. The van der Waals surface area contributed by atoms with Gasteiger partial charge in [0.05, 0.1) is 25.1 Å². The number of morpholine rings is 1. The maximum Gasteiger partial charge on any atom is 0.223 e. The fourth-order valence-electron chi connectivity index (χ4n) is 2.50. The van der Waals surface area contributed by atoms with Gasteiger partial charge in [0.2, 0.25) is 5.91 Å². The van der Waals surface area contributed by atoms with Crippen LogP contribution in [0.4, 0.5) is 9.52 Å². The molecule has 1 saturated heterocycles. The Bertz CT molecular complexity index is 693. The summed E-state index contributed by atoms with van der Waals surface area (Å²) in [4.78, 5) is 26.5. The zero-order valence-electron chi connectivity index (χ0n) is 13.2. The first-order chi connectivity index (χ1) is 11.6. The summed E-state index contributed by atoms with van der Waals surface area (Å²) in [5.74, 6) is 0.0146. The molecule has 1 N–H and O–H groups in total. The number of hydrogen-bond donors (Lipinski definition) is 1. The Morgan fingerprint density at radius 3 is 2.96 bits per heavy atom. The molecule has 9 heteroatoms. The highest BCUT2D eigenvalue weighted by molar-refractivity contribution is 7.15. The standard InChI is InChI=1S/C15H18FN5O2S/c1-10(22)20-15-19-7-13(24-15)9-21-2-3-23-12(8-21)4-14-17-5-11(16)6-18-14/h5-7,12H,2-4,8-9H2,1H3,(H,19,20,22). The van der Waals surface area contributed by atoms with E-state index in [4.69, 9.17) is 4.74 Å². The molecule has 0 aliphatic carbocycles. The van der Waals surface area contributed by atoms with Crippen LogP contribution in [0.3, 0.4) is 0 Å². The zero-order chi connectivity index (χ0) is 16.9. The van der Waals surface area contributed by atoms with E-state index in [1.54, 1.807) is 6.20 Å². The average Bonchev–Trinajstić information content (AvgIpc) is 2.96. The molecule has 1 amide bonds. The molecule has 0 saturated carbocycles. The van der Waals surface area contributed by atoms with Gasteiger partial charge in [-0.2, -0.15) is 0 Å². The molecule has 24 heavy (non-hydrogen) atoms. The number of halogens is 1. The predicted octanol–water partition coefficient (Wildman–Crippen LogP) is 1.47. The number of nitrogens with zero attached hydrogens (tertiary/aromatic N) is 4. The topological polar surface area (TPSA) is 80.2 Å². The van der Waals surface area contributed by atoms with Crippen molar-refractivity contribution in [1.82, 2.24) is 19.9 Å². The molecule has 128 valence electrons. The summed E-state index contributed by atoms with van der Waals surface area (Å²) in [6.07, 6.45) is 4.65. The normalized spacial score (nSPS) is 18.5. The first-order valence-electron chi connectivity index (χ1n) is 7.61. The highest BCUT2D eigenvalue weighted by Crippen LogP contribution is 2.21. The third-order valence-electron chi connectivity index (χ3n) is 3.52. The van der Waals surface area contributed by atoms with Gasteiger partial charge < -0.3 is 10.1 Å². The van der Waals surface area contributed by atoms with Gasteiger partial charge in [0.25, 0.3) is 0 Å². The average molecular weight is 351 g/mol. The van der Waals surface area contributed by atoms with Gasteiger partial charge in [0.15, 0.2) is 10.9 Å².